The van der Waals surface area contributed by atoms with Crippen LogP contribution < -0.4 is 5.32 Å². The monoisotopic (exact) mass is 250 g/mol. The molecule has 1 aromatic heterocycles. The number of nitrogens with zero attached hydrogens (tertiary/aromatic N) is 4. The summed E-state index contributed by atoms with van der Waals surface area (Å²) < 4.78 is 0. The van der Waals surface area contributed by atoms with E-state index in [9.17, 15) is 9.59 Å². The van der Waals surface area contributed by atoms with E-state index in [1.807, 2.05) is 0 Å². The molecule has 8 nitrogen and oxygen atoms in total. The van der Waals surface area contributed by atoms with Crippen molar-refractivity contribution in [2.24, 2.45) is 5.10 Å². The Bertz CT molecular complexity index is 481. The lowest BCUT2D eigenvalue weighted by Gasteiger charge is -2.20. The SMILES string of the molecule is CC(NC(=O)C1=NN(C)C(=O)CC1)c1ncn[nH]1. The van der Waals surface area contributed by atoms with Gasteiger partial charge in [0.25, 0.3) is 5.91 Å². The van der Waals surface area contributed by atoms with Gasteiger partial charge in [-0.1, -0.05) is 0 Å². The Hall–Kier alpha value is -2.25. The van der Waals surface area contributed by atoms with Crippen LogP contribution in [-0.2, 0) is 9.59 Å². The molecule has 2 heterocycles. The Labute approximate surface area is 103 Å². The van der Waals surface area contributed by atoms with Gasteiger partial charge in [0.2, 0.25) is 5.91 Å². The van der Waals surface area contributed by atoms with Crippen molar-refractivity contribution < 1.29 is 9.59 Å². The van der Waals surface area contributed by atoms with Crippen molar-refractivity contribution in [3.8, 4) is 0 Å². The van der Waals surface area contributed by atoms with Crippen LogP contribution in [0.5, 0.6) is 0 Å². The Balaban J connectivity index is 2.00. The summed E-state index contributed by atoms with van der Waals surface area (Å²) in [4.78, 5) is 27.1. The quantitative estimate of drug-likeness (QED) is 0.761. The van der Waals surface area contributed by atoms with Gasteiger partial charge in [0, 0.05) is 19.9 Å². The van der Waals surface area contributed by atoms with Gasteiger partial charge in [0.1, 0.15) is 17.9 Å². The van der Waals surface area contributed by atoms with Crippen molar-refractivity contribution in [1.82, 2.24) is 25.5 Å². The molecule has 0 saturated carbocycles. The number of H-pyrrole nitrogens is 1. The summed E-state index contributed by atoms with van der Waals surface area (Å²) in [7, 11) is 1.54. The minimum atomic E-state index is -0.293. The molecule has 8 heteroatoms. The molecule has 0 aromatic carbocycles. The molecule has 1 aromatic rings. The van der Waals surface area contributed by atoms with Crippen LogP contribution in [0.1, 0.15) is 31.6 Å². The van der Waals surface area contributed by atoms with E-state index in [0.29, 0.717) is 24.4 Å². The Morgan fingerprint density at radius 2 is 2.33 bits per heavy atom. The number of hydrogen-bond donors (Lipinski definition) is 2. The Morgan fingerprint density at radius 1 is 1.56 bits per heavy atom. The highest BCUT2D eigenvalue weighted by Crippen LogP contribution is 2.09. The predicted molar refractivity (Wildman–Crippen MR) is 62.4 cm³/mol. The van der Waals surface area contributed by atoms with E-state index < -0.39 is 0 Å². The Morgan fingerprint density at radius 3 is 2.94 bits per heavy atom. The highest BCUT2D eigenvalue weighted by Gasteiger charge is 2.23. The van der Waals surface area contributed by atoms with Gasteiger partial charge in [-0.2, -0.15) is 10.2 Å². The molecule has 0 saturated heterocycles. The van der Waals surface area contributed by atoms with Crippen molar-refractivity contribution in [1.29, 1.82) is 0 Å². The third-order valence-corrected chi connectivity index (χ3v) is 2.66. The van der Waals surface area contributed by atoms with Crippen molar-refractivity contribution in [2.75, 3.05) is 7.05 Å². The predicted octanol–water partition coefficient (Wildman–Crippen LogP) is -0.410. The van der Waals surface area contributed by atoms with E-state index >= 15 is 0 Å². The van der Waals surface area contributed by atoms with E-state index in [2.05, 4.69) is 25.6 Å². The molecule has 2 rings (SSSR count). The molecule has 2 N–H and O–H groups in total. The second-order valence-electron chi connectivity index (χ2n) is 4.03. The first kappa shape index (κ1) is 12.2. The first-order chi connectivity index (χ1) is 8.58. The zero-order valence-electron chi connectivity index (χ0n) is 10.2. The molecule has 1 aliphatic rings. The average molecular weight is 250 g/mol. The number of carbonyl (C=O) groups is 2. The average Bonchev–Trinajstić information content (AvgIpc) is 2.86. The summed E-state index contributed by atoms with van der Waals surface area (Å²) in [5.41, 5.74) is 0.350. The van der Waals surface area contributed by atoms with Gasteiger partial charge in [-0.05, 0) is 6.92 Å². The van der Waals surface area contributed by atoms with Crippen LogP contribution in [-0.4, -0.2) is 44.8 Å². The second kappa shape index (κ2) is 4.94. The van der Waals surface area contributed by atoms with Crippen LogP contribution in [0.4, 0.5) is 0 Å². The van der Waals surface area contributed by atoms with E-state index in [1.54, 1.807) is 6.92 Å². The fourth-order valence-corrected chi connectivity index (χ4v) is 1.60. The van der Waals surface area contributed by atoms with Gasteiger partial charge in [-0.3, -0.25) is 14.7 Å². The van der Waals surface area contributed by atoms with Crippen LogP contribution in [0.3, 0.4) is 0 Å². The first-order valence-corrected chi connectivity index (χ1v) is 5.58. The number of rotatable bonds is 3. The number of aromatic amines is 1. The smallest absolute Gasteiger partial charge is 0.268 e. The van der Waals surface area contributed by atoms with Crippen LogP contribution in [0.2, 0.25) is 0 Å². The van der Waals surface area contributed by atoms with E-state index in [0.717, 1.165) is 0 Å². The van der Waals surface area contributed by atoms with Gasteiger partial charge in [0.15, 0.2) is 0 Å². The third kappa shape index (κ3) is 2.53. The van der Waals surface area contributed by atoms with Gasteiger partial charge in [-0.25, -0.2) is 9.99 Å². The fourth-order valence-electron chi connectivity index (χ4n) is 1.60. The molecule has 0 spiro atoms. The summed E-state index contributed by atoms with van der Waals surface area (Å²) >= 11 is 0. The number of hydrazone groups is 1. The topological polar surface area (TPSA) is 103 Å². The maximum atomic E-state index is 11.9. The minimum absolute atomic E-state index is 0.0881. The normalized spacial score (nSPS) is 17.3. The molecular weight excluding hydrogens is 236 g/mol. The molecule has 0 bridgehead atoms. The van der Waals surface area contributed by atoms with E-state index in [1.165, 1.54) is 18.4 Å². The summed E-state index contributed by atoms with van der Waals surface area (Å²) in [6.45, 7) is 1.79. The van der Waals surface area contributed by atoms with Gasteiger partial charge >= 0.3 is 0 Å². The zero-order valence-corrected chi connectivity index (χ0v) is 10.2. The third-order valence-electron chi connectivity index (χ3n) is 2.66. The van der Waals surface area contributed by atoms with Crippen LogP contribution in [0.25, 0.3) is 0 Å². The molecule has 2 amide bonds. The zero-order chi connectivity index (χ0) is 13.1. The molecule has 0 fully saturated rings. The van der Waals surface area contributed by atoms with Crippen molar-refractivity contribution >= 4 is 17.5 Å². The largest absolute Gasteiger partial charge is 0.341 e. The number of carbonyl (C=O) groups excluding carboxylic acids is 2. The van der Waals surface area contributed by atoms with Crippen molar-refractivity contribution in [3.63, 3.8) is 0 Å². The summed E-state index contributed by atoms with van der Waals surface area (Å²) in [5.74, 6) is 0.192. The standard InChI is InChI=1S/C10H14N6O2/c1-6(9-11-5-12-14-9)13-10(18)7-3-4-8(17)16(2)15-7/h5-6H,3-4H2,1-2H3,(H,13,18)(H,11,12,14). The van der Waals surface area contributed by atoms with E-state index in [4.69, 9.17) is 0 Å². The fraction of sp³-hybridized carbons (Fsp3) is 0.500. The lowest BCUT2D eigenvalue weighted by atomic mass is 10.1. The maximum absolute atomic E-state index is 11.9. The van der Waals surface area contributed by atoms with Crippen LogP contribution in [0, 0.1) is 0 Å². The number of hydrogen-bond acceptors (Lipinski definition) is 5. The molecule has 18 heavy (non-hydrogen) atoms. The van der Waals surface area contributed by atoms with Gasteiger partial charge < -0.3 is 5.32 Å². The number of aromatic nitrogens is 3. The summed E-state index contributed by atoms with van der Waals surface area (Å²) in [6, 6.07) is -0.286. The second-order valence-corrected chi connectivity index (χ2v) is 4.03. The summed E-state index contributed by atoms with van der Waals surface area (Å²) in [6.07, 6.45) is 2.04. The van der Waals surface area contributed by atoms with Crippen LogP contribution in [0.15, 0.2) is 11.4 Å². The van der Waals surface area contributed by atoms with Gasteiger partial charge in [0.05, 0.1) is 6.04 Å². The molecule has 1 unspecified atom stereocenters. The lowest BCUT2D eigenvalue weighted by molar-refractivity contribution is -0.130. The molecule has 0 radical (unpaired) electrons. The van der Waals surface area contributed by atoms with E-state index in [-0.39, 0.29) is 17.9 Å². The maximum Gasteiger partial charge on any atom is 0.268 e. The highest BCUT2D eigenvalue weighted by molar-refractivity contribution is 6.39. The van der Waals surface area contributed by atoms with Crippen LogP contribution >= 0.6 is 0 Å². The van der Waals surface area contributed by atoms with Crippen molar-refractivity contribution in [2.45, 2.75) is 25.8 Å². The number of amides is 2. The first-order valence-electron chi connectivity index (χ1n) is 5.58. The lowest BCUT2D eigenvalue weighted by Crippen LogP contribution is -2.38. The summed E-state index contributed by atoms with van der Waals surface area (Å²) in [5, 5.41) is 14.3. The molecule has 1 aliphatic heterocycles. The minimum Gasteiger partial charge on any atom is -0.341 e. The molecular formula is C10H14N6O2. The van der Waals surface area contributed by atoms with Gasteiger partial charge in [-0.15, -0.1) is 0 Å². The highest BCUT2D eigenvalue weighted by atomic mass is 16.2. The number of nitrogens with one attached hydrogen (secondary N) is 2. The van der Waals surface area contributed by atoms with Crippen molar-refractivity contribution in [3.05, 3.63) is 12.2 Å². The molecule has 1 atom stereocenters. The Kier molecular flexibility index (Phi) is 3.35. The molecule has 96 valence electrons. The molecule has 0 aliphatic carbocycles.